The van der Waals surface area contributed by atoms with Gasteiger partial charge in [-0.05, 0) is 24.6 Å². The summed E-state index contributed by atoms with van der Waals surface area (Å²) >= 11 is 3.25. The van der Waals surface area contributed by atoms with Crippen LogP contribution in [0.1, 0.15) is 23.2 Å². The molecule has 17 heavy (non-hydrogen) atoms. The number of carboxylic acid groups (broad SMARTS) is 1. The lowest BCUT2D eigenvalue weighted by atomic mass is 10.1. The molecule has 0 aliphatic heterocycles. The molecule has 1 aromatic rings. The van der Waals surface area contributed by atoms with E-state index in [-0.39, 0.29) is 12.3 Å². The number of anilines is 1. The fraction of sp³-hybridized carbons (Fsp3) is 0.273. The lowest BCUT2D eigenvalue weighted by molar-refractivity contribution is -0.137. The molecule has 0 aliphatic carbocycles. The number of nitrogen functional groups attached to an aromatic ring is 1. The molecule has 0 saturated carbocycles. The zero-order valence-corrected chi connectivity index (χ0v) is 10.7. The standard InChI is InChI=1S/C11H13BrN2O3/c12-7-3-4-8(9(13)6-7)11(17)14-5-1-2-10(15)16/h3-4,6H,1-2,5,13H2,(H,14,17)(H,15,16). The van der Waals surface area contributed by atoms with Crippen molar-refractivity contribution in [2.75, 3.05) is 12.3 Å². The van der Waals surface area contributed by atoms with Crippen molar-refractivity contribution in [2.45, 2.75) is 12.8 Å². The number of carbonyl (C=O) groups is 2. The molecule has 1 amide bonds. The van der Waals surface area contributed by atoms with Gasteiger partial charge < -0.3 is 16.2 Å². The number of amides is 1. The molecule has 0 aliphatic rings. The van der Waals surface area contributed by atoms with Crippen molar-refractivity contribution >= 4 is 33.5 Å². The van der Waals surface area contributed by atoms with Crippen LogP contribution in [0.15, 0.2) is 22.7 Å². The van der Waals surface area contributed by atoms with Crippen molar-refractivity contribution in [1.29, 1.82) is 0 Å². The summed E-state index contributed by atoms with van der Waals surface area (Å²) in [5, 5.41) is 11.0. The number of hydrogen-bond donors (Lipinski definition) is 3. The summed E-state index contributed by atoms with van der Waals surface area (Å²) in [6, 6.07) is 4.99. The maximum absolute atomic E-state index is 11.7. The number of carboxylic acids is 1. The normalized spacial score (nSPS) is 9.94. The van der Waals surface area contributed by atoms with Crippen molar-refractivity contribution in [1.82, 2.24) is 5.32 Å². The third-order valence-corrected chi connectivity index (χ3v) is 2.60. The van der Waals surface area contributed by atoms with Crippen LogP contribution in [-0.4, -0.2) is 23.5 Å². The number of hydrogen-bond acceptors (Lipinski definition) is 3. The molecule has 0 bridgehead atoms. The summed E-state index contributed by atoms with van der Waals surface area (Å²) < 4.78 is 0.803. The minimum atomic E-state index is -0.873. The Labute approximate surface area is 107 Å². The molecule has 6 heteroatoms. The van der Waals surface area contributed by atoms with Crippen LogP contribution in [0.25, 0.3) is 0 Å². The largest absolute Gasteiger partial charge is 0.481 e. The van der Waals surface area contributed by atoms with E-state index in [1.807, 2.05) is 0 Å². The van der Waals surface area contributed by atoms with Gasteiger partial charge in [-0.15, -0.1) is 0 Å². The lowest BCUT2D eigenvalue weighted by Gasteiger charge is -2.07. The van der Waals surface area contributed by atoms with Crippen molar-refractivity contribution in [3.63, 3.8) is 0 Å². The summed E-state index contributed by atoms with van der Waals surface area (Å²) in [7, 11) is 0. The maximum atomic E-state index is 11.7. The first-order valence-corrected chi connectivity index (χ1v) is 5.85. The first kappa shape index (κ1) is 13.5. The van der Waals surface area contributed by atoms with Crippen LogP contribution in [0.4, 0.5) is 5.69 Å². The maximum Gasteiger partial charge on any atom is 0.303 e. The fourth-order valence-corrected chi connectivity index (χ4v) is 1.66. The van der Waals surface area contributed by atoms with Crippen molar-refractivity contribution in [2.24, 2.45) is 0 Å². The topological polar surface area (TPSA) is 92.4 Å². The van der Waals surface area contributed by atoms with E-state index in [0.29, 0.717) is 24.2 Å². The number of nitrogens with two attached hydrogens (primary N) is 1. The summed E-state index contributed by atoms with van der Waals surface area (Å²) in [5.41, 5.74) is 6.47. The first-order chi connectivity index (χ1) is 8.00. The Balaban J connectivity index is 2.50. The molecule has 0 unspecified atom stereocenters. The Morgan fingerprint density at radius 2 is 2.12 bits per heavy atom. The highest BCUT2D eigenvalue weighted by Crippen LogP contribution is 2.18. The lowest BCUT2D eigenvalue weighted by Crippen LogP contribution is -2.25. The second kappa shape index (κ2) is 6.24. The zero-order valence-electron chi connectivity index (χ0n) is 9.07. The molecule has 5 nitrogen and oxygen atoms in total. The SMILES string of the molecule is Nc1cc(Br)ccc1C(=O)NCCCC(=O)O. The number of nitrogens with one attached hydrogen (secondary N) is 1. The summed E-state index contributed by atoms with van der Waals surface area (Å²) in [6.45, 7) is 0.320. The van der Waals surface area contributed by atoms with Gasteiger partial charge in [0.1, 0.15) is 0 Å². The van der Waals surface area contributed by atoms with Crippen LogP contribution in [-0.2, 0) is 4.79 Å². The number of benzene rings is 1. The first-order valence-electron chi connectivity index (χ1n) is 5.05. The van der Waals surface area contributed by atoms with E-state index in [1.165, 1.54) is 0 Å². The number of aliphatic carboxylic acids is 1. The van der Waals surface area contributed by atoms with E-state index in [1.54, 1.807) is 18.2 Å². The van der Waals surface area contributed by atoms with E-state index >= 15 is 0 Å². The van der Waals surface area contributed by atoms with E-state index in [9.17, 15) is 9.59 Å². The zero-order chi connectivity index (χ0) is 12.8. The van der Waals surface area contributed by atoms with Gasteiger partial charge in [0.05, 0.1) is 5.56 Å². The number of carbonyl (C=O) groups excluding carboxylic acids is 1. The Morgan fingerprint density at radius 1 is 1.41 bits per heavy atom. The van der Waals surface area contributed by atoms with Crippen molar-refractivity contribution in [3.05, 3.63) is 28.2 Å². The number of rotatable bonds is 5. The second-order valence-corrected chi connectivity index (χ2v) is 4.40. The predicted molar refractivity (Wildman–Crippen MR) is 67.8 cm³/mol. The molecule has 4 N–H and O–H groups in total. The van der Waals surface area contributed by atoms with Crippen LogP contribution < -0.4 is 11.1 Å². The summed E-state index contributed by atoms with van der Waals surface area (Å²) in [5.74, 6) is -1.16. The van der Waals surface area contributed by atoms with E-state index in [2.05, 4.69) is 21.2 Å². The molecule has 1 rings (SSSR count). The van der Waals surface area contributed by atoms with Crippen molar-refractivity contribution < 1.29 is 14.7 Å². The summed E-state index contributed by atoms with van der Waals surface area (Å²) in [6.07, 6.45) is 0.438. The van der Waals surface area contributed by atoms with Gasteiger partial charge in [-0.1, -0.05) is 15.9 Å². The molecule has 0 atom stereocenters. The molecule has 0 spiro atoms. The Hall–Kier alpha value is -1.56. The molecule has 0 fully saturated rings. The van der Waals surface area contributed by atoms with Crippen molar-refractivity contribution in [3.8, 4) is 0 Å². The minimum absolute atomic E-state index is 0.0378. The molecule has 0 radical (unpaired) electrons. The number of halogens is 1. The van der Waals surface area contributed by atoms with Crippen LogP contribution in [0.2, 0.25) is 0 Å². The highest BCUT2D eigenvalue weighted by molar-refractivity contribution is 9.10. The van der Waals surface area contributed by atoms with Crippen LogP contribution >= 0.6 is 15.9 Å². The van der Waals surface area contributed by atoms with Crippen LogP contribution in [0.3, 0.4) is 0 Å². The third-order valence-electron chi connectivity index (χ3n) is 2.11. The van der Waals surface area contributed by atoms with E-state index in [4.69, 9.17) is 10.8 Å². The van der Waals surface area contributed by atoms with Gasteiger partial charge >= 0.3 is 5.97 Å². The molecule has 92 valence electrons. The van der Waals surface area contributed by atoms with Crippen LogP contribution in [0, 0.1) is 0 Å². The van der Waals surface area contributed by atoms with Gasteiger partial charge in [-0.25, -0.2) is 0 Å². The highest BCUT2D eigenvalue weighted by atomic mass is 79.9. The van der Waals surface area contributed by atoms with E-state index in [0.717, 1.165) is 4.47 Å². The highest BCUT2D eigenvalue weighted by Gasteiger charge is 2.09. The van der Waals surface area contributed by atoms with E-state index < -0.39 is 5.97 Å². The van der Waals surface area contributed by atoms with Gasteiger partial charge in [0.2, 0.25) is 0 Å². The monoisotopic (exact) mass is 300 g/mol. The molecular formula is C11H13BrN2O3. The summed E-state index contributed by atoms with van der Waals surface area (Å²) in [4.78, 5) is 21.9. The van der Waals surface area contributed by atoms with Gasteiger partial charge in [0.25, 0.3) is 5.91 Å². The average Bonchev–Trinajstić information content (AvgIpc) is 2.23. The predicted octanol–water partition coefficient (Wildman–Crippen LogP) is 1.63. The molecule has 1 aromatic carbocycles. The Morgan fingerprint density at radius 3 is 2.71 bits per heavy atom. The fourth-order valence-electron chi connectivity index (χ4n) is 1.28. The minimum Gasteiger partial charge on any atom is -0.481 e. The quantitative estimate of drug-likeness (QED) is 0.569. The second-order valence-electron chi connectivity index (χ2n) is 3.48. The average molecular weight is 301 g/mol. The Kier molecular flexibility index (Phi) is 4.96. The Bertz CT molecular complexity index is 435. The third kappa shape index (κ3) is 4.44. The van der Waals surface area contributed by atoms with Gasteiger partial charge in [0, 0.05) is 23.1 Å². The van der Waals surface area contributed by atoms with Crippen LogP contribution in [0.5, 0.6) is 0 Å². The molecular weight excluding hydrogens is 288 g/mol. The van der Waals surface area contributed by atoms with Gasteiger partial charge in [-0.2, -0.15) is 0 Å². The molecule has 0 aromatic heterocycles. The van der Waals surface area contributed by atoms with Gasteiger partial charge in [0.15, 0.2) is 0 Å². The van der Waals surface area contributed by atoms with Gasteiger partial charge in [-0.3, -0.25) is 9.59 Å². The smallest absolute Gasteiger partial charge is 0.303 e. The molecule has 0 saturated heterocycles. The molecule has 0 heterocycles.